The van der Waals surface area contributed by atoms with Gasteiger partial charge in [-0.25, -0.2) is 9.59 Å². The second-order valence-corrected chi connectivity index (χ2v) is 4.81. The molecule has 8 nitrogen and oxygen atoms in total. The summed E-state index contributed by atoms with van der Waals surface area (Å²) in [7, 11) is 0. The molecule has 0 rings (SSSR count). The van der Waals surface area contributed by atoms with E-state index in [1.165, 1.54) is 0 Å². The van der Waals surface area contributed by atoms with Gasteiger partial charge in [-0.3, -0.25) is 9.59 Å². The van der Waals surface area contributed by atoms with Gasteiger partial charge in [0.05, 0.1) is 0 Å². The van der Waals surface area contributed by atoms with Crippen LogP contribution in [0.3, 0.4) is 0 Å². The van der Waals surface area contributed by atoms with E-state index < -0.39 is 24.2 Å². The molecule has 0 spiro atoms. The maximum absolute atomic E-state index is 10.9. The fraction of sp³-hybridized carbons (Fsp3) is 0.714. The lowest BCUT2D eigenvalue weighted by atomic mass is 10.1. The quantitative estimate of drug-likeness (QED) is 0.337. The van der Waals surface area contributed by atoms with Gasteiger partial charge in [-0.2, -0.15) is 0 Å². The van der Waals surface area contributed by atoms with Gasteiger partial charge in [0.15, 0.2) is 0 Å². The second kappa shape index (κ2) is 12.6. The lowest BCUT2D eigenvalue weighted by Crippen LogP contribution is -2.09. The highest BCUT2D eigenvalue weighted by Crippen LogP contribution is 2.11. The van der Waals surface area contributed by atoms with Crippen molar-refractivity contribution in [3.63, 3.8) is 0 Å². The van der Waals surface area contributed by atoms with Crippen molar-refractivity contribution in [3.05, 3.63) is 0 Å². The minimum absolute atomic E-state index is 0.109. The average Bonchev–Trinajstić information content (AvgIpc) is 2.39. The third kappa shape index (κ3) is 14.3. The molecule has 0 saturated heterocycles. The van der Waals surface area contributed by atoms with Crippen LogP contribution < -0.4 is 0 Å². The van der Waals surface area contributed by atoms with Crippen molar-refractivity contribution < 1.29 is 38.9 Å². The summed E-state index contributed by atoms with van der Waals surface area (Å²) in [6.45, 7) is 0. The van der Waals surface area contributed by atoms with Crippen molar-refractivity contribution in [2.24, 2.45) is 0 Å². The Bertz CT molecular complexity index is 341. The maximum atomic E-state index is 10.9. The minimum atomic E-state index is -1.57. The van der Waals surface area contributed by atoms with Crippen LogP contribution in [-0.2, 0) is 19.1 Å². The van der Waals surface area contributed by atoms with Crippen LogP contribution in [0.4, 0.5) is 9.59 Å². The normalized spacial score (nSPS) is 10.0. The summed E-state index contributed by atoms with van der Waals surface area (Å²) >= 11 is 0. The summed E-state index contributed by atoms with van der Waals surface area (Å²) in [6.07, 6.45) is 3.83. The van der Waals surface area contributed by atoms with Crippen molar-refractivity contribution in [2.75, 3.05) is 0 Å². The summed E-state index contributed by atoms with van der Waals surface area (Å²) in [5.74, 6) is -1.44. The molecule has 0 aromatic rings. The highest BCUT2D eigenvalue weighted by atomic mass is 16.7. The van der Waals surface area contributed by atoms with E-state index in [1.54, 1.807) is 0 Å². The van der Waals surface area contributed by atoms with Gasteiger partial charge in [-0.15, -0.1) is 0 Å². The lowest BCUT2D eigenvalue weighted by Gasteiger charge is -2.02. The third-order valence-corrected chi connectivity index (χ3v) is 2.91. The van der Waals surface area contributed by atoms with Crippen LogP contribution in [0.5, 0.6) is 0 Å². The predicted molar refractivity (Wildman–Crippen MR) is 74.4 cm³/mol. The molecule has 0 heterocycles. The fourth-order valence-electron chi connectivity index (χ4n) is 1.90. The number of hydrogen-bond donors (Lipinski definition) is 2. The summed E-state index contributed by atoms with van der Waals surface area (Å²) in [5, 5.41) is 16.4. The topological polar surface area (TPSA) is 127 Å². The number of esters is 2. The highest BCUT2D eigenvalue weighted by molar-refractivity contribution is 5.81. The van der Waals surface area contributed by atoms with Crippen molar-refractivity contribution in [1.29, 1.82) is 0 Å². The Kier molecular flexibility index (Phi) is 11.4. The summed E-state index contributed by atoms with van der Waals surface area (Å²) in [6, 6.07) is 0. The van der Waals surface area contributed by atoms with Crippen LogP contribution in [0.2, 0.25) is 0 Å². The zero-order valence-electron chi connectivity index (χ0n) is 12.4. The molecule has 8 heteroatoms. The van der Waals surface area contributed by atoms with E-state index in [0.717, 1.165) is 38.5 Å². The number of carboxylic acid groups (broad SMARTS) is 2. The standard InChI is InChI=1S/C14H22O8/c15-11(21-13(17)18)9-7-5-3-1-2-4-6-8-10-12(16)22-14(19)20/h1-10H2,(H,17,18)(H,19,20). The molecule has 0 amide bonds. The van der Waals surface area contributed by atoms with Crippen LogP contribution in [-0.4, -0.2) is 34.5 Å². The zero-order chi connectivity index (χ0) is 16.8. The largest absolute Gasteiger partial charge is 0.513 e. The molecule has 0 unspecified atom stereocenters. The monoisotopic (exact) mass is 318 g/mol. The molecule has 0 radical (unpaired) electrons. The van der Waals surface area contributed by atoms with Crippen LogP contribution >= 0.6 is 0 Å². The Morgan fingerprint density at radius 3 is 1.09 bits per heavy atom. The maximum Gasteiger partial charge on any atom is 0.513 e. The summed E-state index contributed by atoms with van der Waals surface area (Å²) in [4.78, 5) is 41.9. The Labute approximate surface area is 128 Å². The van der Waals surface area contributed by atoms with Crippen molar-refractivity contribution in [1.82, 2.24) is 0 Å². The van der Waals surface area contributed by atoms with Gasteiger partial charge >= 0.3 is 24.2 Å². The first-order valence-electron chi connectivity index (χ1n) is 7.29. The molecule has 0 bridgehead atoms. The minimum Gasteiger partial charge on any atom is -0.449 e. The average molecular weight is 318 g/mol. The van der Waals surface area contributed by atoms with Crippen molar-refractivity contribution in [3.8, 4) is 0 Å². The Balaban J connectivity index is 3.27. The van der Waals surface area contributed by atoms with E-state index in [-0.39, 0.29) is 12.8 Å². The van der Waals surface area contributed by atoms with E-state index in [0.29, 0.717) is 12.8 Å². The van der Waals surface area contributed by atoms with Gasteiger partial charge in [-0.05, 0) is 12.8 Å². The number of carbonyl (C=O) groups is 4. The van der Waals surface area contributed by atoms with E-state index in [9.17, 15) is 19.2 Å². The van der Waals surface area contributed by atoms with Crippen LogP contribution in [0.15, 0.2) is 0 Å². The summed E-state index contributed by atoms with van der Waals surface area (Å²) < 4.78 is 7.94. The molecule has 0 aromatic carbocycles. The molecular formula is C14H22O8. The molecule has 126 valence electrons. The van der Waals surface area contributed by atoms with Crippen molar-refractivity contribution >= 4 is 24.2 Å². The number of unbranched alkanes of at least 4 members (excludes halogenated alkanes) is 7. The zero-order valence-corrected chi connectivity index (χ0v) is 12.4. The first-order chi connectivity index (χ1) is 10.4. The van der Waals surface area contributed by atoms with E-state index in [1.807, 2.05) is 0 Å². The second-order valence-electron chi connectivity index (χ2n) is 4.81. The highest BCUT2D eigenvalue weighted by Gasteiger charge is 2.08. The molecule has 22 heavy (non-hydrogen) atoms. The van der Waals surface area contributed by atoms with Gasteiger partial charge in [0.2, 0.25) is 0 Å². The van der Waals surface area contributed by atoms with Gasteiger partial charge in [0.1, 0.15) is 0 Å². The van der Waals surface area contributed by atoms with Crippen LogP contribution in [0.25, 0.3) is 0 Å². The van der Waals surface area contributed by atoms with Crippen molar-refractivity contribution in [2.45, 2.75) is 64.2 Å². The first kappa shape index (κ1) is 19.9. The fourth-order valence-corrected chi connectivity index (χ4v) is 1.90. The number of carbonyl (C=O) groups excluding carboxylic acids is 2. The predicted octanol–water partition coefficient (Wildman–Crippen LogP) is 3.33. The molecular weight excluding hydrogens is 296 g/mol. The molecule has 0 fully saturated rings. The number of rotatable bonds is 11. The Morgan fingerprint density at radius 2 is 0.818 bits per heavy atom. The van der Waals surface area contributed by atoms with Crippen LogP contribution in [0.1, 0.15) is 64.2 Å². The van der Waals surface area contributed by atoms with Gasteiger partial charge < -0.3 is 19.7 Å². The Hall–Kier alpha value is -2.12. The number of hydrogen-bond acceptors (Lipinski definition) is 6. The molecule has 0 aromatic heterocycles. The van der Waals surface area contributed by atoms with Gasteiger partial charge in [0.25, 0.3) is 0 Å². The molecule has 0 atom stereocenters. The Morgan fingerprint density at radius 1 is 0.545 bits per heavy atom. The van der Waals surface area contributed by atoms with E-state index in [4.69, 9.17) is 10.2 Å². The molecule has 0 aliphatic heterocycles. The SMILES string of the molecule is O=C(O)OC(=O)CCCCCCCCCCC(=O)OC(=O)O. The van der Waals surface area contributed by atoms with Gasteiger partial charge in [-0.1, -0.05) is 38.5 Å². The first-order valence-corrected chi connectivity index (χ1v) is 7.29. The molecule has 0 saturated carbocycles. The van der Waals surface area contributed by atoms with E-state index in [2.05, 4.69) is 9.47 Å². The van der Waals surface area contributed by atoms with E-state index >= 15 is 0 Å². The van der Waals surface area contributed by atoms with Gasteiger partial charge in [0, 0.05) is 12.8 Å². The summed E-state index contributed by atoms with van der Waals surface area (Å²) in [5.41, 5.74) is 0. The molecule has 0 aliphatic carbocycles. The lowest BCUT2D eigenvalue weighted by molar-refractivity contribution is -0.140. The smallest absolute Gasteiger partial charge is 0.449 e. The molecule has 2 N–H and O–H groups in total. The third-order valence-electron chi connectivity index (χ3n) is 2.91. The van der Waals surface area contributed by atoms with Crippen LogP contribution in [0, 0.1) is 0 Å². The molecule has 0 aliphatic rings. The number of ether oxygens (including phenoxy) is 2.